The molecule has 1 saturated heterocycles. The van der Waals surface area contributed by atoms with E-state index in [1.165, 1.54) is 12.1 Å². The molecule has 1 unspecified atom stereocenters. The lowest BCUT2D eigenvalue weighted by atomic mass is 9.79. The summed E-state index contributed by atoms with van der Waals surface area (Å²) in [4.78, 5) is 11.6. The minimum absolute atomic E-state index is 0.0301. The Balaban J connectivity index is 2.42. The van der Waals surface area contributed by atoms with Crippen molar-refractivity contribution in [1.82, 2.24) is 5.32 Å². The van der Waals surface area contributed by atoms with E-state index in [4.69, 9.17) is 0 Å². The summed E-state index contributed by atoms with van der Waals surface area (Å²) in [7, 11) is 0. The Morgan fingerprint density at radius 1 is 1.33 bits per heavy atom. The van der Waals surface area contributed by atoms with Crippen LogP contribution in [0.4, 0.5) is 0 Å². The van der Waals surface area contributed by atoms with Crippen LogP contribution in [-0.2, 0) is 10.3 Å². The molecule has 18 heavy (non-hydrogen) atoms. The van der Waals surface area contributed by atoms with Gasteiger partial charge in [0.25, 0.3) is 0 Å². The van der Waals surface area contributed by atoms with Crippen LogP contribution in [0.1, 0.15) is 31.2 Å². The predicted octanol–water partition coefficient (Wildman–Crippen LogP) is 0.976. The molecule has 0 radical (unpaired) electrons. The van der Waals surface area contributed by atoms with Gasteiger partial charge in [-0.3, -0.25) is 4.79 Å². The Labute approximate surface area is 105 Å². The highest BCUT2D eigenvalue weighted by molar-refractivity contribution is 5.78. The molecule has 98 valence electrons. The fraction of sp³-hybridized carbons (Fsp3) is 0.462. The van der Waals surface area contributed by atoms with E-state index < -0.39 is 5.54 Å². The van der Waals surface area contributed by atoms with Crippen molar-refractivity contribution in [1.29, 1.82) is 0 Å². The van der Waals surface area contributed by atoms with E-state index in [1.807, 2.05) is 0 Å². The van der Waals surface area contributed by atoms with Gasteiger partial charge in [0.2, 0.25) is 5.91 Å². The molecule has 0 saturated carbocycles. The molecule has 4 N–H and O–H groups in total. The highest BCUT2D eigenvalue weighted by Gasteiger charge is 2.38. The highest BCUT2D eigenvalue weighted by atomic mass is 16.3. The maximum Gasteiger partial charge on any atom is 0.220 e. The molecule has 1 amide bonds. The van der Waals surface area contributed by atoms with Gasteiger partial charge in [-0.15, -0.1) is 0 Å². The average Bonchev–Trinajstić information content (AvgIpc) is 2.28. The second-order valence-corrected chi connectivity index (χ2v) is 4.66. The van der Waals surface area contributed by atoms with Gasteiger partial charge in [0.15, 0.2) is 0 Å². The average molecular weight is 251 g/mol. The fourth-order valence-electron chi connectivity index (χ4n) is 2.58. The topological polar surface area (TPSA) is 89.8 Å². The third-order valence-electron chi connectivity index (χ3n) is 3.42. The first-order valence-electron chi connectivity index (χ1n) is 6.02. The van der Waals surface area contributed by atoms with E-state index in [2.05, 4.69) is 5.32 Å². The molecule has 1 fully saturated rings. The van der Waals surface area contributed by atoms with Crippen molar-refractivity contribution in [2.45, 2.75) is 31.2 Å². The number of aliphatic hydroxyl groups is 1. The van der Waals surface area contributed by atoms with E-state index >= 15 is 0 Å². The summed E-state index contributed by atoms with van der Waals surface area (Å²) in [6.07, 6.45) is 2.19. The van der Waals surface area contributed by atoms with Gasteiger partial charge in [0.1, 0.15) is 11.5 Å². The van der Waals surface area contributed by atoms with Crippen LogP contribution in [-0.4, -0.2) is 27.8 Å². The number of carbonyl (C=O) groups is 1. The van der Waals surface area contributed by atoms with Gasteiger partial charge in [0, 0.05) is 24.7 Å². The highest BCUT2D eigenvalue weighted by Crippen LogP contribution is 2.39. The van der Waals surface area contributed by atoms with E-state index in [9.17, 15) is 20.1 Å². The second-order valence-electron chi connectivity index (χ2n) is 4.66. The summed E-state index contributed by atoms with van der Waals surface area (Å²) in [5.41, 5.74) is -0.190. The number of hydrogen-bond donors (Lipinski definition) is 4. The maximum atomic E-state index is 11.6. The Morgan fingerprint density at radius 2 is 2.11 bits per heavy atom. The van der Waals surface area contributed by atoms with Crippen LogP contribution < -0.4 is 5.32 Å². The number of phenols is 2. The monoisotopic (exact) mass is 251 g/mol. The summed E-state index contributed by atoms with van der Waals surface area (Å²) in [6, 6.07) is 4.30. The molecule has 5 heteroatoms. The molecule has 0 bridgehead atoms. The van der Waals surface area contributed by atoms with Crippen LogP contribution in [0, 0.1) is 0 Å². The molecule has 5 nitrogen and oxygen atoms in total. The fourth-order valence-corrected chi connectivity index (χ4v) is 2.58. The summed E-state index contributed by atoms with van der Waals surface area (Å²) >= 11 is 0. The Morgan fingerprint density at radius 3 is 2.72 bits per heavy atom. The van der Waals surface area contributed by atoms with Gasteiger partial charge < -0.3 is 20.6 Å². The number of aliphatic hydroxyl groups excluding tert-OH is 1. The molecule has 1 atom stereocenters. The van der Waals surface area contributed by atoms with E-state index in [1.54, 1.807) is 6.07 Å². The number of rotatable bonds is 3. The Kier molecular flexibility index (Phi) is 3.43. The number of aromatic hydroxyl groups is 2. The van der Waals surface area contributed by atoms with Crippen molar-refractivity contribution in [3.63, 3.8) is 0 Å². The molecule has 0 aromatic heterocycles. The SMILES string of the molecule is O=C1CCCC(CCO)(c2ccc(O)cc2O)N1. The van der Waals surface area contributed by atoms with Gasteiger partial charge >= 0.3 is 0 Å². The van der Waals surface area contributed by atoms with Crippen molar-refractivity contribution in [3.05, 3.63) is 23.8 Å². The largest absolute Gasteiger partial charge is 0.508 e. The van der Waals surface area contributed by atoms with E-state index in [0.717, 1.165) is 0 Å². The van der Waals surface area contributed by atoms with Gasteiger partial charge in [-0.2, -0.15) is 0 Å². The number of nitrogens with one attached hydrogen (secondary N) is 1. The summed E-state index contributed by atoms with van der Waals surface area (Å²) in [6.45, 7) is -0.0827. The van der Waals surface area contributed by atoms with E-state index in [-0.39, 0.29) is 24.0 Å². The minimum Gasteiger partial charge on any atom is -0.508 e. The van der Waals surface area contributed by atoms with Crippen LogP contribution in [0.5, 0.6) is 11.5 Å². The number of amides is 1. The second kappa shape index (κ2) is 4.86. The molecule has 1 aliphatic heterocycles. The smallest absolute Gasteiger partial charge is 0.220 e. The number of benzene rings is 1. The number of hydrogen-bond acceptors (Lipinski definition) is 4. The molecule has 0 spiro atoms. The first kappa shape index (κ1) is 12.7. The molecule has 1 aromatic carbocycles. The predicted molar refractivity (Wildman–Crippen MR) is 65.1 cm³/mol. The van der Waals surface area contributed by atoms with Crippen molar-refractivity contribution in [2.75, 3.05) is 6.61 Å². The van der Waals surface area contributed by atoms with Crippen molar-refractivity contribution in [3.8, 4) is 11.5 Å². The van der Waals surface area contributed by atoms with Crippen LogP contribution in [0.2, 0.25) is 0 Å². The zero-order chi connectivity index (χ0) is 13.2. The normalized spacial score (nSPS) is 23.7. The van der Waals surface area contributed by atoms with Gasteiger partial charge in [-0.05, 0) is 31.4 Å². The maximum absolute atomic E-state index is 11.6. The molecule has 0 aliphatic carbocycles. The van der Waals surface area contributed by atoms with Crippen molar-refractivity contribution in [2.24, 2.45) is 0 Å². The lowest BCUT2D eigenvalue weighted by Crippen LogP contribution is -2.49. The third-order valence-corrected chi connectivity index (χ3v) is 3.42. The number of carbonyl (C=O) groups excluding carboxylic acids is 1. The quantitative estimate of drug-likeness (QED) is 0.644. The molecular weight excluding hydrogens is 234 g/mol. The zero-order valence-corrected chi connectivity index (χ0v) is 10.0. The molecule has 2 rings (SSSR count). The van der Waals surface area contributed by atoms with Crippen molar-refractivity contribution < 1.29 is 20.1 Å². The summed E-state index contributed by atoms with van der Waals surface area (Å²) < 4.78 is 0. The molecular formula is C13H17NO4. The standard InChI is InChI=1S/C13H17NO4/c15-7-6-13(5-1-2-12(18)14-13)10-4-3-9(16)8-11(10)17/h3-4,8,15-17H,1-2,5-7H2,(H,14,18). The van der Waals surface area contributed by atoms with Gasteiger partial charge in [0.05, 0.1) is 5.54 Å². The van der Waals surface area contributed by atoms with Crippen molar-refractivity contribution >= 4 is 5.91 Å². The minimum atomic E-state index is -0.734. The van der Waals surface area contributed by atoms with E-state index in [0.29, 0.717) is 31.2 Å². The lowest BCUT2D eigenvalue weighted by molar-refractivity contribution is -0.125. The zero-order valence-electron chi connectivity index (χ0n) is 10.0. The Hall–Kier alpha value is -1.75. The van der Waals surface area contributed by atoms with Crippen LogP contribution in [0.3, 0.4) is 0 Å². The Bertz CT molecular complexity index is 456. The number of phenolic OH excluding ortho intramolecular Hbond substituents is 2. The van der Waals surface area contributed by atoms with Crippen LogP contribution in [0.25, 0.3) is 0 Å². The summed E-state index contributed by atoms with van der Waals surface area (Å²) in [5, 5.41) is 31.3. The molecule has 1 heterocycles. The first-order chi connectivity index (χ1) is 8.57. The van der Waals surface area contributed by atoms with Gasteiger partial charge in [-0.25, -0.2) is 0 Å². The van der Waals surface area contributed by atoms with Crippen LogP contribution in [0.15, 0.2) is 18.2 Å². The first-order valence-corrected chi connectivity index (χ1v) is 6.02. The summed E-state index contributed by atoms with van der Waals surface area (Å²) in [5.74, 6) is -0.176. The third kappa shape index (κ3) is 2.26. The molecule has 1 aliphatic rings. The molecule has 1 aromatic rings. The van der Waals surface area contributed by atoms with Gasteiger partial charge in [-0.1, -0.05) is 0 Å². The number of piperidine rings is 1. The van der Waals surface area contributed by atoms with Crippen LogP contribution >= 0.6 is 0 Å². The lowest BCUT2D eigenvalue weighted by Gasteiger charge is -2.38.